The van der Waals surface area contributed by atoms with Crippen molar-refractivity contribution in [1.29, 1.82) is 0 Å². The van der Waals surface area contributed by atoms with E-state index in [2.05, 4.69) is 9.97 Å². The van der Waals surface area contributed by atoms with Crippen LogP contribution in [-0.4, -0.2) is 16.6 Å². The molecule has 1 aromatic rings. The summed E-state index contributed by atoms with van der Waals surface area (Å²) in [7, 11) is 0. The lowest BCUT2D eigenvalue weighted by molar-refractivity contribution is -0.0207. The first-order chi connectivity index (χ1) is 6.06. The van der Waals surface area contributed by atoms with Crippen LogP contribution in [-0.2, 0) is 10.3 Å². The van der Waals surface area contributed by atoms with Crippen molar-refractivity contribution in [3.05, 3.63) is 18.1 Å². The zero-order valence-electron chi connectivity index (χ0n) is 8.24. The molecule has 0 amide bonds. The number of nitrogen functional groups attached to an aromatic ring is 1. The molecule has 0 unspecified atom stereocenters. The van der Waals surface area contributed by atoms with E-state index in [1.807, 2.05) is 20.8 Å². The Kier molecular flexibility index (Phi) is 2.83. The molecule has 0 spiro atoms. The fourth-order valence-corrected chi connectivity index (χ4v) is 1.09. The van der Waals surface area contributed by atoms with Crippen LogP contribution in [0.3, 0.4) is 0 Å². The van der Waals surface area contributed by atoms with Gasteiger partial charge >= 0.3 is 0 Å². The van der Waals surface area contributed by atoms with E-state index >= 15 is 0 Å². The molecule has 0 aliphatic heterocycles. The van der Waals surface area contributed by atoms with Crippen LogP contribution in [0.1, 0.15) is 26.6 Å². The van der Waals surface area contributed by atoms with Crippen LogP contribution in [0.2, 0.25) is 0 Å². The summed E-state index contributed by atoms with van der Waals surface area (Å²) in [5, 5.41) is 0. The summed E-state index contributed by atoms with van der Waals surface area (Å²) in [6, 6.07) is 1.66. The highest BCUT2D eigenvalue weighted by molar-refractivity contribution is 5.26. The molecule has 0 saturated carbocycles. The van der Waals surface area contributed by atoms with Gasteiger partial charge in [0.15, 0.2) is 5.82 Å². The molecule has 72 valence electrons. The van der Waals surface area contributed by atoms with Crippen LogP contribution in [0, 0.1) is 0 Å². The monoisotopic (exact) mass is 181 g/mol. The maximum Gasteiger partial charge on any atom is 0.162 e. The van der Waals surface area contributed by atoms with Gasteiger partial charge in [-0.15, -0.1) is 0 Å². The molecule has 1 aromatic heterocycles. The minimum Gasteiger partial charge on any atom is -0.384 e. The Morgan fingerprint density at radius 3 is 2.77 bits per heavy atom. The van der Waals surface area contributed by atoms with E-state index < -0.39 is 5.60 Å². The van der Waals surface area contributed by atoms with Crippen LogP contribution < -0.4 is 5.73 Å². The average molecular weight is 181 g/mol. The number of hydrogen-bond acceptors (Lipinski definition) is 4. The van der Waals surface area contributed by atoms with Crippen molar-refractivity contribution in [3.63, 3.8) is 0 Å². The summed E-state index contributed by atoms with van der Waals surface area (Å²) < 4.78 is 5.49. The van der Waals surface area contributed by atoms with Crippen molar-refractivity contribution < 1.29 is 4.74 Å². The van der Waals surface area contributed by atoms with Crippen molar-refractivity contribution in [3.8, 4) is 0 Å². The standard InChI is InChI=1S/C9H15N3O/c1-4-13-9(2,3)8-11-6-5-7(10)12-8/h5-6H,4H2,1-3H3,(H2,10,11,12). The second kappa shape index (κ2) is 3.70. The minimum absolute atomic E-state index is 0.468. The Labute approximate surface area is 78.1 Å². The van der Waals surface area contributed by atoms with Crippen molar-refractivity contribution in [2.24, 2.45) is 0 Å². The summed E-state index contributed by atoms with van der Waals surface area (Å²) >= 11 is 0. The Morgan fingerprint density at radius 2 is 2.23 bits per heavy atom. The summed E-state index contributed by atoms with van der Waals surface area (Å²) in [6.07, 6.45) is 1.64. The van der Waals surface area contributed by atoms with Gasteiger partial charge in [-0.1, -0.05) is 0 Å². The quantitative estimate of drug-likeness (QED) is 0.764. The molecular formula is C9H15N3O. The molecule has 4 heteroatoms. The molecule has 0 saturated heterocycles. The van der Waals surface area contributed by atoms with Gasteiger partial charge in [-0.2, -0.15) is 0 Å². The highest BCUT2D eigenvalue weighted by atomic mass is 16.5. The van der Waals surface area contributed by atoms with Crippen molar-refractivity contribution in [2.45, 2.75) is 26.4 Å². The van der Waals surface area contributed by atoms with E-state index in [-0.39, 0.29) is 0 Å². The molecule has 0 radical (unpaired) electrons. The average Bonchev–Trinajstić information content (AvgIpc) is 2.04. The molecule has 1 heterocycles. The lowest BCUT2D eigenvalue weighted by Gasteiger charge is -2.22. The molecule has 2 N–H and O–H groups in total. The number of rotatable bonds is 3. The molecule has 13 heavy (non-hydrogen) atoms. The van der Waals surface area contributed by atoms with Crippen molar-refractivity contribution in [2.75, 3.05) is 12.3 Å². The first-order valence-corrected chi connectivity index (χ1v) is 4.29. The summed E-state index contributed by atoms with van der Waals surface area (Å²) in [6.45, 7) is 6.41. The number of hydrogen-bond donors (Lipinski definition) is 1. The lowest BCUT2D eigenvalue weighted by atomic mass is 10.1. The Bertz CT molecular complexity index is 286. The fraction of sp³-hybridized carbons (Fsp3) is 0.556. The molecule has 4 nitrogen and oxygen atoms in total. The smallest absolute Gasteiger partial charge is 0.162 e. The van der Waals surface area contributed by atoms with Crippen molar-refractivity contribution >= 4 is 5.82 Å². The van der Waals surface area contributed by atoms with E-state index in [1.165, 1.54) is 0 Å². The van der Waals surface area contributed by atoms with Gasteiger partial charge in [0.2, 0.25) is 0 Å². The molecule has 0 aliphatic carbocycles. The first-order valence-electron chi connectivity index (χ1n) is 4.29. The second-order valence-electron chi connectivity index (χ2n) is 3.25. The van der Waals surface area contributed by atoms with Gasteiger partial charge in [0.25, 0.3) is 0 Å². The minimum atomic E-state index is -0.468. The summed E-state index contributed by atoms with van der Waals surface area (Å²) in [5.74, 6) is 1.09. The van der Waals surface area contributed by atoms with E-state index in [4.69, 9.17) is 10.5 Å². The van der Waals surface area contributed by atoms with Gasteiger partial charge in [0, 0.05) is 12.8 Å². The van der Waals surface area contributed by atoms with Gasteiger partial charge in [-0.25, -0.2) is 9.97 Å². The number of nitrogens with two attached hydrogens (primary N) is 1. The molecule has 0 bridgehead atoms. The third-order valence-corrected chi connectivity index (χ3v) is 1.72. The van der Waals surface area contributed by atoms with Crippen LogP contribution in [0.25, 0.3) is 0 Å². The number of ether oxygens (including phenoxy) is 1. The zero-order chi connectivity index (χ0) is 9.90. The van der Waals surface area contributed by atoms with E-state index in [1.54, 1.807) is 12.3 Å². The third kappa shape index (κ3) is 2.39. The predicted octanol–water partition coefficient (Wildman–Crippen LogP) is 1.33. The highest BCUT2D eigenvalue weighted by Gasteiger charge is 2.23. The second-order valence-corrected chi connectivity index (χ2v) is 3.25. The van der Waals surface area contributed by atoms with Gasteiger partial charge in [-0.3, -0.25) is 0 Å². The Morgan fingerprint density at radius 1 is 1.54 bits per heavy atom. The predicted molar refractivity (Wildman–Crippen MR) is 51.1 cm³/mol. The van der Waals surface area contributed by atoms with Crippen LogP contribution >= 0.6 is 0 Å². The van der Waals surface area contributed by atoms with Crippen LogP contribution in [0.15, 0.2) is 12.3 Å². The normalized spacial score (nSPS) is 11.6. The Hall–Kier alpha value is -1.16. The molecule has 0 atom stereocenters. The maximum absolute atomic E-state index is 5.54. The van der Waals surface area contributed by atoms with Crippen molar-refractivity contribution in [1.82, 2.24) is 9.97 Å². The van der Waals surface area contributed by atoms with Gasteiger partial charge < -0.3 is 10.5 Å². The van der Waals surface area contributed by atoms with Crippen LogP contribution in [0.5, 0.6) is 0 Å². The molecule has 0 fully saturated rings. The largest absolute Gasteiger partial charge is 0.384 e. The van der Waals surface area contributed by atoms with E-state index in [9.17, 15) is 0 Å². The zero-order valence-corrected chi connectivity index (χ0v) is 8.24. The van der Waals surface area contributed by atoms with Gasteiger partial charge in [-0.05, 0) is 26.8 Å². The molecule has 0 aromatic carbocycles. The molecule has 0 aliphatic rings. The number of nitrogens with zero attached hydrogens (tertiary/aromatic N) is 2. The fourth-order valence-electron chi connectivity index (χ4n) is 1.09. The molecular weight excluding hydrogens is 166 g/mol. The summed E-state index contributed by atoms with van der Waals surface area (Å²) in [5.41, 5.74) is 5.08. The molecule has 1 rings (SSSR count). The summed E-state index contributed by atoms with van der Waals surface area (Å²) in [4.78, 5) is 8.22. The first kappa shape index (κ1) is 9.92. The van der Waals surface area contributed by atoms with Gasteiger partial charge in [0.1, 0.15) is 11.4 Å². The number of anilines is 1. The highest BCUT2D eigenvalue weighted by Crippen LogP contribution is 2.20. The lowest BCUT2D eigenvalue weighted by Crippen LogP contribution is -2.24. The van der Waals surface area contributed by atoms with Crippen LogP contribution in [0.4, 0.5) is 5.82 Å². The maximum atomic E-state index is 5.54. The topological polar surface area (TPSA) is 61.0 Å². The SMILES string of the molecule is CCOC(C)(C)c1nccc(N)n1. The van der Waals surface area contributed by atoms with Gasteiger partial charge in [0.05, 0.1) is 0 Å². The van der Waals surface area contributed by atoms with E-state index in [0.717, 1.165) is 0 Å². The Balaban J connectivity index is 2.93. The van der Waals surface area contributed by atoms with E-state index in [0.29, 0.717) is 18.2 Å². The third-order valence-electron chi connectivity index (χ3n) is 1.72. The number of aromatic nitrogens is 2.